The molecule has 1 rings (SSSR count). The van der Waals surface area contributed by atoms with E-state index in [4.69, 9.17) is 5.73 Å². The van der Waals surface area contributed by atoms with E-state index in [0.717, 1.165) is 4.47 Å². The number of nitrogens with one attached hydrogen (secondary N) is 1. The third kappa shape index (κ3) is 3.24. The summed E-state index contributed by atoms with van der Waals surface area (Å²) in [6.07, 6.45) is -4.82. The Hall–Kier alpha value is -0.600. The number of halogens is 5. The fourth-order valence-electron chi connectivity index (χ4n) is 0.972. The standard InChI is InChI=1S/C10H9Br2F3N2O/c1-9(16,10(13,14)15)8(18)17-7-3-2-5(11)4-6(7)12/h2-4H,16H2,1H3,(H,17,18). The molecule has 1 unspecified atom stereocenters. The summed E-state index contributed by atoms with van der Waals surface area (Å²) in [5.41, 5.74) is 2.27. The van der Waals surface area contributed by atoms with E-state index < -0.39 is 17.6 Å². The molecule has 3 nitrogen and oxygen atoms in total. The SMILES string of the molecule is CC(N)(C(=O)Nc1ccc(Br)cc1Br)C(F)(F)F. The number of carbonyl (C=O) groups excluding carboxylic acids is 1. The van der Waals surface area contributed by atoms with Crippen molar-refractivity contribution in [3.05, 3.63) is 27.1 Å². The number of amides is 1. The second-order valence-electron chi connectivity index (χ2n) is 3.78. The van der Waals surface area contributed by atoms with Crippen molar-refractivity contribution < 1.29 is 18.0 Å². The maximum atomic E-state index is 12.5. The van der Waals surface area contributed by atoms with Crippen LogP contribution in [0.1, 0.15) is 6.92 Å². The molecule has 0 fully saturated rings. The van der Waals surface area contributed by atoms with E-state index in [2.05, 4.69) is 37.2 Å². The summed E-state index contributed by atoms with van der Waals surface area (Å²) in [4.78, 5) is 11.5. The summed E-state index contributed by atoms with van der Waals surface area (Å²) in [5.74, 6) is -1.32. The Morgan fingerprint density at radius 3 is 2.33 bits per heavy atom. The molecule has 1 aromatic carbocycles. The summed E-state index contributed by atoms with van der Waals surface area (Å²) in [7, 11) is 0. The van der Waals surface area contributed by atoms with E-state index in [1.807, 2.05) is 0 Å². The third-order valence-electron chi connectivity index (χ3n) is 2.24. The first-order valence-corrected chi connectivity index (χ1v) is 6.26. The van der Waals surface area contributed by atoms with Crippen molar-refractivity contribution in [2.24, 2.45) is 5.73 Å². The minimum atomic E-state index is -4.82. The summed E-state index contributed by atoms with van der Waals surface area (Å²) in [6, 6.07) is 4.64. The lowest BCUT2D eigenvalue weighted by Crippen LogP contribution is -2.59. The maximum absolute atomic E-state index is 12.5. The van der Waals surface area contributed by atoms with Gasteiger partial charge in [0.2, 0.25) is 0 Å². The first kappa shape index (κ1) is 15.5. The number of rotatable bonds is 2. The molecule has 1 amide bonds. The van der Waals surface area contributed by atoms with Gasteiger partial charge in [0.1, 0.15) is 0 Å². The van der Waals surface area contributed by atoms with Crippen molar-refractivity contribution in [3.63, 3.8) is 0 Å². The molecule has 0 aliphatic rings. The van der Waals surface area contributed by atoms with Crippen molar-refractivity contribution in [3.8, 4) is 0 Å². The average Bonchev–Trinajstić information content (AvgIpc) is 2.20. The predicted molar refractivity (Wildman–Crippen MR) is 69.1 cm³/mol. The third-order valence-corrected chi connectivity index (χ3v) is 3.39. The van der Waals surface area contributed by atoms with Crippen LogP contribution in [0.3, 0.4) is 0 Å². The molecule has 0 aliphatic carbocycles. The van der Waals surface area contributed by atoms with Gasteiger partial charge in [-0.15, -0.1) is 0 Å². The van der Waals surface area contributed by atoms with Crippen molar-refractivity contribution in [1.82, 2.24) is 0 Å². The molecular formula is C10H9Br2F3N2O. The topological polar surface area (TPSA) is 55.1 Å². The number of anilines is 1. The van der Waals surface area contributed by atoms with Gasteiger partial charge in [0.15, 0.2) is 5.54 Å². The van der Waals surface area contributed by atoms with E-state index in [0.29, 0.717) is 11.4 Å². The number of benzene rings is 1. The van der Waals surface area contributed by atoms with Crippen LogP contribution in [0.15, 0.2) is 27.1 Å². The van der Waals surface area contributed by atoms with Gasteiger partial charge in [-0.25, -0.2) is 0 Å². The summed E-state index contributed by atoms with van der Waals surface area (Å²) in [5, 5.41) is 2.13. The minimum absolute atomic E-state index is 0.212. The molecule has 8 heteroatoms. The molecule has 0 heterocycles. The summed E-state index contributed by atoms with van der Waals surface area (Å²) in [6.45, 7) is 0.620. The molecule has 0 saturated heterocycles. The zero-order valence-corrected chi connectivity index (χ0v) is 12.3. The molecule has 0 radical (unpaired) electrons. The van der Waals surface area contributed by atoms with Crippen LogP contribution in [0.2, 0.25) is 0 Å². The lowest BCUT2D eigenvalue weighted by atomic mass is 10.0. The van der Waals surface area contributed by atoms with Gasteiger partial charge in [0.05, 0.1) is 5.69 Å². The van der Waals surface area contributed by atoms with Crippen LogP contribution < -0.4 is 11.1 Å². The zero-order chi connectivity index (χ0) is 14.1. The fraction of sp³-hybridized carbons (Fsp3) is 0.300. The van der Waals surface area contributed by atoms with Gasteiger partial charge in [-0.3, -0.25) is 4.79 Å². The number of hydrogen-bond donors (Lipinski definition) is 2. The second-order valence-corrected chi connectivity index (χ2v) is 5.55. The Bertz CT molecular complexity index is 475. The molecule has 1 aromatic rings. The minimum Gasteiger partial charge on any atom is -0.323 e. The number of carbonyl (C=O) groups is 1. The fourth-order valence-corrected chi connectivity index (χ4v) is 2.12. The average molecular weight is 390 g/mol. The number of nitrogens with two attached hydrogens (primary N) is 1. The van der Waals surface area contributed by atoms with E-state index in [-0.39, 0.29) is 5.69 Å². The Labute approximate surface area is 118 Å². The molecule has 0 spiro atoms. The predicted octanol–water partition coefficient (Wildman–Crippen LogP) is 3.43. The molecule has 18 heavy (non-hydrogen) atoms. The zero-order valence-electron chi connectivity index (χ0n) is 9.11. The van der Waals surface area contributed by atoms with E-state index in [9.17, 15) is 18.0 Å². The first-order valence-electron chi connectivity index (χ1n) is 4.68. The van der Waals surface area contributed by atoms with Crippen molar-refractivity contribution >= 4 is 43.5 Å². The summed E-state index contributed by atoms with van der Waals surface area (Å²) >= 11 is 6.31. The van der Waals surface area contributed by atoms with Crippen LogP contribution in [0.4, 0.5) is 18.9 Å². The van der Waals surface area contributed by atoms with Crippen LogP contribution in [-0.2, 0) is 4.79 Å². The Kier molecular flexibility index (Phi) is 4.45. The van der Waals surface area contributed by atoms with Gasteiger partial charge in [0, 0.05) is 8.95 Å². The number of alkyl halides is 3. The van der Waals surface area contributed by atoms with Gasteiger partial charge in [0.25, 0.3) is 5.91 Å². The molecule has 1 atom stereocenters. The van der Waals surface area contributed by atoms with Gasteiger partial charge in [-0.1, -0.05) is 15.9 Å². The first-order chi connectivity index (χ1) is 8.05. The number of hydrogen-bond acceptors (Lipinski definition) is 2. The lowest BCUT2D eigenvalue weighted by molar-refractivity contribution is -0.184. The molecule has 0 aromatic heterocycles. The quantitative estimate of drug-likeness (QED) is 0.814. The van der Waals surface area contributed by atoms with Crippen molar-refractivity contribution in [1.29, 1.82) is 0 Å². The molecule has 0 aliphatic heterocycles. The Morgan fingerprint density at radius 1 is 1.33 bits per heavy atom. The van der Waals surface area contributed by atoms with Crippen LogP contribution in [-0.4, -0.2) is 17.6 Å². The van der Waals surface area contributed by atoms with Crippen molar-refractivity contribution in [2.75, 3.05) is 5.32 Å². The van der Waals surface area contributed by atoms with Gasteiger partial charge >= 0.3 is 6.18 Å². The lowest BCUT2D eigenvalue weighted by Gasteiger charge is -2.26. The van der Waals surface area contributed by atoms with Gasteiger partial charge < -0.3 is 11.1 Å². The van der Waals surface area contributed by atoms with Crippen LogP contribution in [0.25, 0.3) is 0 Å². The normalized spacial score (nSPS) is 15.1. The van der Waals surface area contributed by atoms with E-state index in [1.165, 1.54) is 6.07 Å². The molecule has 0 bridgehead atoms. The monoisotopic (exact) mass is 388 g/mol. The van der Waals surface area contributed by atoms with E-state index >= 15 is 0 Å². The second kappa shape index (κ2) is 5.18. The molecule has 100 valence electrons. The maximum Gasteiger partial charge on any atom is 0.415 e. The van der Waals surface area contributed by atoms with Crippen LogP contribution in [0.5, 0.6) is 0 Å². The van der Waals surface area contributed by atoms with Crippen molar-refractivity contribution in [2.45, 2.75) is 18.6 Å². The molecule has 0 saturated carbocycles. The summed E-state index contributed by atoms with van der Waals surface area (Å²) < 4.78 is 38.8. The largest absolute Gasteiger partial charge is 0.415 e. The van der Waals surface area contributed by atoms with Crippen LogP contribution in [0, 0.1) is 0 Å². The highest BCUT2D eigenvalue weighted by Gasteiger charge is 2.54. The van der Waals surface area contributed by atoms with Gasteiger partial charge in [-0.2, -0.15) is 13.2 Å². The Balaban J connectivity index is 2.95. The van der Waals surface area contributed by atoms with Crippen LogP contribution >= 0.6 is 31.9 Å². The van der Waals surface area contributed by atoms with Gasteiger partial charge in [-0.05, 0) is 41.1 Å². The molecule has 3 N–H and O–H groups in total. The highest BCUT2D eigenvalue weighted by molar-refractivity contribution is 9.11. The van der Waals surface area contributed by atoms with E-state index in [1.54, 1.807) is 12.1 Å². The molecular weight excluding hydrogens is 381 g/mol. The highest BCUT2D eigenvalue weighted by atomic mass is 79.9. The Morgan fingerprint density at radius 2 is 1.89 bits per heavy atom. The highest BCUT2D eigenvalue weighted by Crippen LogP contribution is 2.31. The smallest absolute Gasteiger partial charge is 0.323 e.